The second kappa shape index (κ2) is 7.24. The molecular weight excluding hydrogens is 320 g/mol. The molecule has 122 valence electrons. The van der Waals surface area contributed by atoms with E-state index in [1.54, 1.807) is 30.3 Å². The summed E-state index contributed by atoms with van der Waals surface area (Å²) < 4.78 is 10.2. The Bertz CT molecular complexity index is 714. The second-order valence-electron chi connectivity index (χ2n) is 5.00. The number of hydrogen-bond donors (Lipinski definition) is 2. The zero-order valence-electron chi connectivity index (χ0n) is 12.7. The fourth-order valence-electron chi connectivity index (χ4n) is 2.34. The minimum atomic E-state index is -0.957. The van der Waals surface area contributed by atoms with E-state index >= 15 is 0 Å². The maximum absolute atomic E-state index is 11.7. The Morgan fingerprint density at radius 2 is 1.96 bits per heavy atom. The van der Waals surface area contributed by atoms with E-state index < -0.39 is 11.9 Å². The van der Waals surface area contributed by atoms with Gasteiger partial charge in [-0.05, 0) is 41.8 Å². The van der Waals surface area contributed by atoms with Crippen LogP contribution in [0.15, 0.2) is 36.4 Å². The molecule has 2 aromatic rings. The Morgan fingerprint density at radius 3 is 2.57 bits per heavy atom. The van der Waals surface area contributed by atoms with Crippen LogP contribution in [0.4, 0.5) is 0 Å². The molecule has 0 aliphatic heterocycles. The standard InChI is InChI=1S/C17H17ClO5/c1-22-12-5-3-4-11(9-12)13(17(20)21)6-10-7-14(18)16(19)15(8-10)23-2/h3-5,7-9,13,19H,6H2,1-2H3,(H,20,21). The Kier molecular flexibility index (Phi) is 5.34. The molecule has 6 heteroatoms. The molecule has 0 heterocycles. The van der Waals surface area contributed by atoms with Crippen LogP contribution in [0.2, 0.25) is 5.02 Å². The smallest absolute Gasteiger partial charge is 0.311 e. The predicted molar refractivity (Wildman–Crippen MR) is 86.7 cm³/mol. The highest BCUT2D eigenvalue weighted by atomic mass is 35.5. The topological polar surface area (TPSA) is 76.0 Å². The van der Waals surface area contributed by atoms with Gasteiger partial charge in [-0.25, -0.2) is 0 Å². The fraction of sp³-hybridized carbons (Fsp3) is 0.235. The highest BCUT2D eigenvalue weighted by Crippen LogP contribution is 2.36. The first-order valence-corrected chi connectivity index (χ1v) is 7.26. The molecule has 1 unspecified atom stereocenters. The Balaban J connectivity index is 2.37. The maximum atomic E-state index is 11.7. The number of aliphatic carboxylic acids is 1. The van der Waals surface area contributed by atoms with Crippen molar-refractivity contribution in [3.05, 3.63) is 52.5 Å². The number of hydrogen-bond acceptors (Lipinski definition) is 4. The number of phenols is 1. The number of phenolic OH excluding ortho intramolecular Hbond substituents is 1. The molecule has 0 aliphatic rings. The van der Waals surface area contributed by atoms with Gasteiger partial charge in [0.25, 0.3) is 0 Å². The summed E-state index contributed by atoms with van der Waals surface area (Å²) in [5, 5.41) is 19.4. The van der Waals surface area contributed by atoms with Gasteiger partial charge in [-0.3, -0.25) is 4.79 Å². The normalized spacial score (nSPS) is 11.8. The van der Waals surface area contributed by atoms with Gasteiger partial charge in [0.2, 0.25) is 0 Å². The van der Waals surface area contributed by atoms with E-state index in [-0.39, 0.29) is 22.9 Å². The molecule has 0 amide bonds. The Hall–Kier alpha value is -2.40. The fourth-order valence-corrected chi connectivity index (χ4v) is 2.58. The van der Waals surface area contributed by atoms with Gasteiger partial charge in [-0.2, -0.15) is 0 Å². The van der Waals surface area contributed by atoms with Crippen molar-refractivity contribution in [3.8, 4) is 17.2 Å². The quantitative estimate of drug-likeness (QED) is 0.844. The Morgan fingerprint density at radius 1 is 1.22 bits per heavy atom. The van der Waals surface area contributed by atoms with Crippen molar-refractivity contribution >= 4 is 17.6 Å². The molecule has 0 bridgehead atoms. The number of aromatic hydroxyl groups is 1. The van der Waals surface area contributed by atoms with E-state index in [0.29, 0.717) is 16.9 Å². The summed E-state index contributed by atoms with van der Waals surface area (Å²) >= 11 is 5.96. The molecule has 2 N–H and O–H groups in total. The molecular formula is C17H17ClO5. The highest BCUT2D eigenvalue weighted by Gasteiger charge is 2.22. The van der Waals surface area contributed by atoms with Crippen molar-refractivity contribution in [2.24, 2.45) is 0 Å². The van der Waals surface area contributed by atoms with Crippen molar-refractivity contribution in [1.82, 2.24) is 0 Å². The summed E-state index contributed by atoms with van der Waals surface area (Å²) in [5.41, 5.74) is 1.28. The molecule has 0 radical (unpaired) electrons. The third-order valence-corrected chi connectivity index (χ3v) is 3.83. The first kappa shape index (κ1) is 17.0. The van der Waals surface area contributed by atoms with Gasteiger partial charge >= 0.3 is 5.97 Å². The SMILES string of the molecule is COc1cccc(C(Cc2cc(Cl)c(O)c(OC)c2)C(=O)O)c1. The number of carboxylic acid groups (broad SMARTS) is 1. The number of ether oxygens (including phenoxy) is 2. The summed E-state index contributed by atoms with van der Waals surface area (Å²) in [4.78, 5) is 11.7. The molecule has 23 heavy (non-hydrogen) atoms. The maximum Gasteiger partial charge on any atom is 0.311 e. The van der Waals surface area contributed by atoms with E-state index in [4.69, 9.17) is 21.1 Å². The highest BCUT2D eigenvalue weighted by molar-refractivity contribution is 6.32. The molecule has 5 nitrogen and oxygen atoms in total. The summed E-state index contributed by atoms with van der Waals surface area (Å²) in [6, 6.07) is 10.0. The van der Waals surface area contributed by atoms with Crippen LogP contribution in [0.1, 0.15) is 17.0 Å². The van der Waals surface area contributed by atoms with Crippen molar-refractivity contribution in [2.75, 3.05) is 14.2 Å². The minimum Gasteiger partial charge on any atom is -0.503 e. The van der Waals surface area contributed by atoms with Gasteiger partial charge in [0.05, 0.1) is 25.2 Å². The van der Waals surface area contributed by atoms with E-state index in [1.807, 2.05) is 0 Å². The predicted octanol–water partition coefficient (Wildman–Crippen LogP) is 3.47. The number of benzene rings is 2. The molecule has 0 aliphatic carbocycles. The first-order chi connectivity index (χ1) is 11.0. The lowest BCUT2D eigenvalue weighted by Crippen LogP contribution is -2.14. The number of carboxylic acids is 1. The molecule has 0 saturated heterocycles. The van der Waals surface area contributed by atoms with Crippen LogP contribution in [0.25, 0.3) is 0 Å². The Labute approximate surface area is 139 Å². The molecule has 1 atom stereocenters. The van der Waals surface area contributed by atoms with Crippen molar-refractivity contribution in [3.63, 3.8) is 0 Å². The molecule has 0 aromatic heterocycles. The van der Waals surface area contributed by atoms with Crippen LogP contribution in [0.5, 0.6) is 17.2 Å². The average Bonchev–Trinajstić information content (AvgIpc) is 2.55. The van der Waals surface area contributed by atoms with E-state index in [9.17, 15) is 15.0 Å². The largest absolute Gasteiger partial charge is 0.503 e. The third kappa shape index (κ3) is 3.87. The van der Waals surface area contributed by atoms with Gasteiger partial charge < -0.3 is 19.7 Å². The zero-order chi connectivity index (χ0) is 17.0. The summed E-state index contributed by atoms with van der Waals surface area (Å²) in [6.45, 7) is 0. The number of rotatable bonds is 6. The van der Waals surface area contributed by atoms with Crippen LogP contribution in [-0.2, 0) is 11.2 Å². The van der Waals surface area contributed by atoms with Crippen LogP contribution < -0.4 is 9.47 Å². The van der Waals surface area contributed by atoms with Crippen LogP contribution in [0.3, 0.4) is 0 Å². The van der Waals surface area contributed by atoms with Gasteiger partial charge in [-0.1, -0.05) is 23.7 Å². The second-order valence-corrected chi connectivity index (χ2v) is 5.41. The van der Waals surface area contributed by atoms with E-state index in [2.05, 4.69) is 0 Å². The lowest BCUT2D eigenvalue weighted by Gasteiger charge is -2.15. The van der Waals surface area contributed by atoms with Gasteiger partial charge in [0, 0.05) is 0 Å². The zero-order valence-corrected chi connectivity index (χ0v) is 13.5. The van der Waals surface area contributed by atoms with Gasteiger partial charge in [-0.15, -0.1) is 0 Å². The third-order valence-electron chi connectivity index (χ3n) is 3.54. The van der Waals surface area contributed by atoms with Crippen LogP contribution in [0, 0.1) is 0 Å². The minimum absolute atomic E-state index is 0.120. The summed E-state index contributed by atoms with van der Waals surface area (Å²) in [5.74, 6) is -1.08. The van der Waals surface area contributed by atoms with Crippen molar-refractivity contribution in [1.29, 1.82) is 0 Å². The van der Waals surface area contributed by atoms with Crippen molar-refractivity contribution < 1.29 is 24.5 Å². The summed E-state index contributed by atoms with van der Waals surface area (Å²) in [7, 11) is 2.94. The van der Waals surface area contributed by atoms with E-state index in [1.165, 1.54) is 20.3 Å². The average molecular weight is 337 g/mol. The first-order valence-electron chi connectivity index (χ1n) is 6.88. The molecule has 2 rings (SSSR count). The molecule has 2 aromatic carbocycles. The van der Waals surface area contributed by atoms with Gasteiger partial charge in [0.15, 0.2) is 11.5 Å². The molecule has 0 saturated carbocycles. The van der Waals surface area contributed by atoms with Crippen LogP contribution >= 0.6 is 11.6 Å². The van der Waals surface area contributed by atoms with Crippen molar-refractivity contribution in [2.45, 2.75) is 12.3 Å². The monoisotopic (exact) mass is 336 g/mol. The lowest BCUT2D eigenvalue weighted by molar-refractivity contribution is -0.138. The molecule has 0 spiro atoms. The van der Waals surface area contributed by atoms with E-state index in [0.717, 1.165) is 0 Å². The molecule has 0 fully saturated rings. The number of methoxy groups -OCH3 is 2. The van der Waals surface area contributed by atoms with Gasteiger partial charge in [0.1, 0.15) is 5.75 Å². The lowest BCUT2D eigenvalue weighted by atomic mass is 9.91. The number of halogens is 1. The van der Waals surface area contributed by atoms with Crippen LogP contribution in [-0.4, -0.2) is 30.4 Å². The number of carbonyl (C=O) groups is 1. The summed E-state index contributed by atoms with van der Waals surface area (Å²) in [6.07, 6.45) is 0.207.